The molecule has 3 aromatic carbocycles. The lowest BCUT2D eigenvalue weighted by Gasteiger charge is -2.35. The molecule has 200 valence electrons. The van der Waals surface area contributed by atoms with E-state index >= 15 is 0 Å². The Hall–Kier alpha value is -2.73. The normalized spacial score (nSPS) is 15.1. The van der Waals surface area contributed by atoms with Crippen LogP contribution in [0.1, 0.15) is 24.5 Å². The van der Waals surface area contributed by atoms with Crippen molar-refractivity contribution < 1.29 is 22.4 Å². The van der Waals surface area contributed by atoms with E-state index in [2.05, 4.69) is 20.7 Å². The predicted octanol–water partition coefficient (Wildman–Crippen LogP) is 5.40. The lowest BCUT2D eigenvalue weighted by Crippen LogP contribution is -2.53. The quantitative estimate of drug-likeness (QED) is 0.307. The van der Waals surface area contributed by atoms with Gasteiger partial charge in [0, 0.05) is 47.2 Å². The third kappa shape index (κ3) is 7.43. The highest BCUT2D eigenvalue weighted by Gasteiger charge is 2.33. The summed E-state index contributed by atoms with van der Waals surface area (Å²) in [6.07, 6.45) is 0.203. The number of sulfonamides is 1. The van der Waals surface area contributed by atoms with Gasteiger partial charge in [0.25, 0.3) is 0 Å². The highest BCUT2D eigenvalue weighted by molar-refractivity contribution is 9.10. The molecule has 0 aromatic heterocycles. The first-order valence-electron chi connectivity index (χ1n) is 12.0. The molecule has 0 spiro atoms. The van der Waals surface area contributed by atoms with E-state index in [1.165, 1.54) is 35.2 Å². The van der Waals surface area contributed by atoms with Gasteiger partial charge in [0.1, 0.15) is 5.82 Å². The average Bonchev–Trinajstić information content (AvgIpc) is 2.89. The average molecular weight is 621 g/mol. The van der Waals surface area contributed by atoms with Gasteiger partial charge in [-0.2, -0.15) is 0 Å². The number of hydrogen-bond donors (Lipinski definition) is 1. The van der Waals surface area contributed by atoms with Crippen LogP contribution >= 0.6 is 27.7 Å². The summed E-state index contributed by atoms with van der Waals surface area (Å²) in [4.78, 5) is 29.7. The standard InChI is InChI=1S/C27H27BrFN3O4S2/c1-19(37-24-10-8-22(28)9-11-24)17-32-26(33)12-13-31(27(32)34)18-21-5-3-7-25(15-21)38(35,36)30-16-20-4-2-6-23(29)14-20/h2-11,14-15,19,30H,12-13,16-18H2,1H3. The van der Waals surface area contributed by atoms with Crippen LogP contribution < -0.4 is 4.72 Å². The Morgan fingerprint density at radius 1 is 1.03 bits per heavy atom. The van der Waals surface area contributed by atoms with Crippen molar-refractivity contribution in [3.05, 3.63) is 94.2 Å². The molecule has 0 radical (unpaired) electrons. The van der Waals surface area contributed by atoms with E-state index in [0.29, 0.717) is 11.1 Å². The number of benzene rings is 3. The number of nitrogens with zero attached hydrogens (tertiary/aromatic N) is 2. The molecule has 1 atom stereocenters. The van der Waals surface area contributed by atoms with Crippen LogP contribution in [0.25, 0.3) is 0 Å². The fourth-order valence-corrected chi connectivity index (χ4v) is 6.38. The van der Waals surface area contributed by atoms with Gasteiger partial charge in [-0.25, -0.2) is 22.3 Å². The van der Waals surface area contributed by atoms with E-state index in [-0.39, 0.29) is 54.7 Å². The van der Waals surface area contributed by atoms with Crippen LogP contribution in [0.2, 0.25) is 0 Å². The number of carbonyl (C=O) groups excluding carboxylic acids is 2. The highest BCUT2D eigenvalue weighted by Crippen LogP contribution is 2.27. The number of hydrogen-bond acceptors (Lipinski definition) is 5. The lowest BCUT2D eigenvalue weighted by molar-refractivity contribution is -0.131. The van der Waals surface area contributed by atoms with Crippen LogP contribution in [0.15, 0.2) is 87.1 Å². The number of thioether (sulfide) groups is 1. The van der Waals surface area contributed by atoms with E-state index in [1.807, 2.05) is 31.2 Å². The summed E-state index contributed by atoms with van der Waals surface area (Å²) in [5, 5.41) is -0.0124. The smallest absolute Gasteiger partial charge is 0.319 e. The lowest BCUT2D eigenvalue weighted by atomic mass is 10.2. The zero-order valence-corrected chi connectivity index (χ0v) is 23.9. The fourth-order valence-electron chi connectivity index (χ4n) is 4.05. The summed E-state index contributed by atoms with van der Waals surface area (Å²) in [7, 11) is -3.86. The molecule has 1 saturated heterocycles. The first-order chi connectivity index (χ1) is 18.1. The molecular weight excluding hydrogens is 593 g/mol. The van der Waals surface area contributed by atoms with E-state index in [9.17, 15) is 22.4 Å². The van der Waals surface area contributed by atoms with Crippen molar-refractivity contribution in [1.29, 1.82) is 0 Å². The van der Waals surface area contributed by atoms with E-state index in [0.717, 1.165) is 9.37 Å². The van der Waals surface area contributed by atoms with Crippen molar-refractivity contribution in [2.75, 3.05) is 13.1 Å². The molecule has 3 aromatic rings. The van der Waals surface area contributed by atoms with Crippen molar-refractivity contribution in [2.24, 2.45) is 0 Å². The van der Waals surface area contributed by atoms with Crippen molar-refractivity contribution in [3.63, 3.8) is 0 Å². The van der Waals surface area contributed by atoms with E-state index < -0.39 is 15.8 Å². The number of imide groups is 1. The first kappa shape index (κ1) is 28.3. The van der Waals surface area contributed by atoms with Gasteiger partial charge >= 0.3 is 6.03 Å². The van der Waals surface area contributed by atoms with Gasteiger partial charge in [-0.05, 0) is 59.7 Å². The van der Waals surface area contributed by atoms with Gasteiger partial charge in [-0.15, -0.1) is 11.8 Å². The second kappa shape index (κ2) is 12.4. The Kier molecular flexibility index (Phi) is 9.24. The second-order valence-corrected chi connectivity index (χ2v) is 13.1. The maximum atomic E-state index is 13.4. The Labute approximate surface area is 234 Å². The molecule has 1 aliphatic rings. The molecule has 11 heteroatoms. The molecule has 1 N–H and O–H groups in total. The molecule has 4 rings (SSSR count). The summed E-state index contributed by atoms with van der Waals surface area (Å²) in [6, 6.07) is 19.5. The summed E-state index contributed by atoms with van der Waals surface area (Å²) >= 11 is 5.00. The predicted molar refractivity (Wildman–Crippen MR) is 148 cm³/mol. The molecule has 3 amide bonds. The molecule has 1 unspecified atom stereocenters. The van der Waals surface area contributed by atoms with Crippen LogP contribution in [0, 0.1) is 5.82 Å². The number of nitrogens with one attached hydrogen (secondary N) is 1. The van der Waals surface area contributed by atoms with E-state index in [1.54, 1.807) is 34.9 Å². The minimum Gasteiger partial charge on any atom is -0.319 e. The Morgan fingerprint density at radius 3 is 2.47 bits per heavy atom. The Bertz CT molecular complexity index is 1420. The van der Waals surface area contributed by atoms with Gasteiger partial charge in [0.05, 0.1) is 4.90 Å². The molecule has 0 aliphatic carbocycles. The summed E-state index contributed by atoms with van der Waals surface area (Å²) < 4.78 is 42.6. The van der Waals surface area contributed by atoms with Crippen LogP contribution in [0.3, 0.4) is 0 Å². The Balaban J connectivity index is 1.39. The molecule has 1 aliphatic heterocycles. The molecular formula is C27H27BrFN3O4S2. The van der Waals surface area contributed by atoms with E-state index in [4.69, 9.17) is 0 Å². The molecule has 38 heavy (non-hydrogen) atoms. The van der Waals surface area contributed by atoms with Crippen LogP contribution in [-0.4, -0.2) is 48.5 Å². The number of carbonyl (C=O) groups is 2. The van der Waals surface area contributed by atoms with Crippen molar-refractivity contribution in [3.8, 4) is 0 Å². The van der Waals surface area contributed by atoms with Gasteiger partial charge < -0.3 is 4.90 Å². The number of amides is 3. The number of rotatable bonds is 10. The maximum absolute atomic E-state index is 13.4. The minimum atomic E-state index is -3.86. The van der Waals surface area contributed by atoms with Crippen molar-refractivity contribution in [1.82, 2.24) is 14.5 Å². The molecule has 1 fully saturated rings. The first-order valence-corrected chi connectivity index (χ1v) is 15.1. The second-order valence-electron chi connectivity index (χ2n) is 8.94. The molecule has 0 bridgehead atoms. The minimum absolute atomic E-state index is 0.0124. The summed E-state index contributed by atoms with van der Waals surface area (Å²) in [5.74, 6) is -0.656. The topological polar surface area (TPSA) is 86.8 Å². The van der Waals surface area contributed by atoms with Crippen LogP contribution in [0.5, 0.6) is 0 Å². The van der Waals surface area contributed by atoms with Gasteiger partial charge in [-0.1, -0.05) is 47.1 Å². The zero-order chi connectivity index (χ0) is 27.3. The Morgan fingerprint density at radius 2 is 1.74 bits per heavy atom. The van der Waals surface area contributed by atoms with Gasteiger partial charge in [0.15, 0.2) is 0 Å². The summed E-state index contributed by atoms with van der Waals surface area (Å²) in [6.45, 7) is 2.62. The fraction of sp³-hybridized carbons (Fsp3) is 0.259. The molecule has 1 heterocycles. The van der Waals surface area contributed by atoms with Gasteiger partial charge in [-0.3, -0.25) is 9.69 Å². The zero-order valence-electron chi connectivity index (χ0n) is 20.6. The van der Waals surface area contributed by atoms with Gasteiger partial charge in [0.2, 0.25) is 15.9 Å². The van der Waals surface area contributed by atoms with Crippen LogP contribution in [-0.2, 0) is 27.9 Å². The largest absolute Gasteiger partial charge is 0.327 e. The molecule has 7 nitrogen and oxygen atoms in total. The number of urea groups is 1. The molecule has 0 saturated carbocycles. The maximum Gasteiger partial charge on any atom is 0.327 e. The SMILES string of the molecule is CC(CN1C(=O)CCN(Cc2cccc(S(=O)(=O)NCc3cccc(F)c3)c2)C1=O)Sc1ccc(Br)cc1. The van der Waals surface area contributed by atoms with Crippen LogP contribution in [0.4, 0.5) is 9.18 Å². The third-order valence-corrected chi connectivity index (χ3v) is 8.95. The van der Waals surface area contributed by atoms with Crippen molar-refractivity contribution >= 4 is 49.7 Å². The highest BCUT2D eigenvalue weighted by atomic mass is 79.9. The number of halogens is 2. The monoisotopic (exact) mass is 619 g/mol. The summed E-state index contributed by atoms with van der Waals surface area (Å²) in [5.41, 5.74) is 1.12. The van der Waals surface area contributed by atoms with Crippen molar-refractivity contribution in [2.45, 2.75) is 41.5 Å². The third-order valence-electron chi connectivity index (χ3n) is 5.93.